The predicted octanol–water partition coefficient (Wildman–Crippen LogP) is 5.77. The van der Waals surface area contributed by atoms with E-state index in [1.165, 1.54) is 44.9 Å². The second kappa shape index (κ2) is 9.58. The van der Waals surface area contributed by atoms with Gasteiger partial charge in [-0.15, -0.1) is 0 Å². The molecule has 0 N–H and O–H groups in total. The molecular weight excluding hydrogens is 220 g/mol. The van der Waals surface area contributed by atoms with Gasteiger partial charge in [-0.2, -0.15) is 0 Å². The van der Waals surface area contributed by atoms with Crippen molar-refractivity contribution in [1.82, 2.24) is 0 Å². The van der Waals surface area contributed by atoms with E-state index in [1.807, 2.05) is 0 Å². The van der Waals surface area contributed by atoms with Crippen LogP contribution in [0.25, 0.3) is 0 Å². The predicted molar refractivity (Wildman–Crippen MR) is 80.9 cm³/mol. The molecule has 0 bridgehead atoms. The first-order valence-corrected chi connectivity index (χ1v) is 7.97. The maximum Gasteiger partial charge on any atom is 0.141 e. The van der Waals surface area contributed by atoms with Crippen molar-refractivity contribution in [2.24, 2.45) is 11.3 Å². The van der Waals surface area contributed by atoms with Crippen molar-refractivity contribution in [3.8, 4) is 0 Å². The molecule has 1 atom stereocenters. The highest BCUT2D eigenvalue weighted by Crippen LogP contribution is 2.27. The Kier molecular flexibility index (Phi) is 9.40. The van der Waals surface area contributed by atoms with Crippen LogP contribution in [0, 0.1) is 11.3 Å². The van der Waals surface area contributed by atoms with Crippen molar-refractivity contribution in [3.05, 3.63) is 0 Å². The van der Waals surface area contributed by atoms with Crippen LogP contribution in [-0.4, -0.2) is 5.78 Å². The van der Waals surface area contributed by atoms with E-state index >= 15 is 0 Å². The summed E-state index contributed by atoms with van der Waals surface area (Å²) >= 11 is 0. The molecule has 0 aliphatic heterocycles. The lowest BCUT2D eigenvalue weighted by atomic mass is 9.78. The van der Waals surface area contributed by atoms with Crippen molar-refractivity contribution < 1.29 is 4.79 Å². The molecule has 1 unspecified atom stereocenters. The molecular formula is C17H34O. The van der Waals surface area contributed by atoms with E-state index in [0.29, 0.717) is 11.7 Å². The summed E-state index contributed by atoms with van der Waals surface area (Å²) in [4.78, 5) is 12.4. The second-order valence-corrected chi connectivity index (χ2v) is 6.66. The van der Waals surface area contributed by atoms with Gasteiger partial charge >= 0.3 is 0 Å². The summed E-state index contributed by atoms with van der Waals surface area (Å²) in [6, 6.07) is 0. The maximum absolute atomic E-state index is 12.4. The molecule has 0 aliphatic carbocycles. The van der Waals surface area contributed by atoms with Crippen molar-refractivity contribution >= 4 is 5.78 Å². The largest absolute Gasteiger partial charge is 0.299 e. The fraction of sp³-hybridized carbons (Fsp3) is 0.941. The zero-order chi connectivity index (χ0) is 14.0. The average Bonchev–Trinajstić information content (AvgIpc) is 2.30. The first-order chi connectivity index (χ1) is 8.43. The van der Waals surface area contributed by atoms with E-state index in [1.54, 1.807) is 0 Å². The van der Waals surface area contributed by atoms with Gasteiger partial charge < -0.3 is 0 Å². The molecule has 0 radical (unpaired) electrons. The molecule has 108 valence electrons. The summed E-state index contributed by atoms with van der Waals surface area (Å²) in [5.74, 6) is 0.795. The van der Waals surface area contributed by atoms with Gasteiger partial charge in [-0.1, -0.05) is 79.6 Å². The second-order valence-electron chi connectivity index (χ2n) is 6.66. The molecule has 0 saturated carbocycles. The number of hydrogen-bond acceptors (Lipinski definition) is 1. The van der Waals surface area contributed by atoms with Gasteiger partial charge in [0.15, 0.2) is 0 Å². The summed E-state index contributed by atoms with van der Waals surface area (Å²) < 4.78 is 0. The third kappa shape index (κ3) is 7.89. The molecule has 18 heavy (non-hydrogen) atoms. The van der Waals surface area contributed by atoms with Crippen LogP contribution in [0.4, 0.5) is 0 Å². The van der Waals surface area contributed by atoms with E-state index in [0.717, 1.165) is 12.8 Å². The molecule has 0 heterocycles. The number of carbonyl (C=O) groups excluding carboxylic acids is 1. The van der Waals surface area contributed by atoms with Gasteiger partial charge in [-0.3, -0.25) is 4.79 Å². The molecule has 0 spiro atoms. The van der Waals surface area contributed by atoms with Gasteiger partial charge in [-0.05, 0) is 12.8 Å². The maximum atomic E-state index is 12.4. The Bertz CT molecular complexity index is 212. The zero-order valence-corrected chi connectivity index (χ0v) is 13.3. The van der Waals surface area contributed by atoms with E-state index in [-0.39, 0.29) is 5.41 Å². The van der Waals surface area contributed by atoms with Crippen LogP contribution in [0.3, 0.4) is 0 Å². The average molecular weight is 254 g/mol. The van der Waals surface area contributed by atoms with Crippen LogP contribution in [0.1, 0.15) is 92.4 Å². The Morgan fingerprint density at radius 2 is 1.28 bits per heavy atom. The molecule has 0 saturated heterocycles. The first-order valence-electron chi connectivity index (χ1n) is 7.97. The highest BCUT2D eigenvalue weighted by Gasteiger charge is 2.28. The molecule has 0 rings (SSSR count). The SMILES string of the molecule is CCCCCCC(CCCCC)C(=O)C(C)(C)C. The van der Waals surface area contributed by atoms with Crippen molar-refractivity contribution in [1.29, 1.82) is 0 Å². The van der Waals surface area contributed by atoms with Crippen molar-refractivity contribution in [3.63, 3.8) is 0 Å². The van der Waals surface area contributed by atoms with Crippen LogP contribution in [-0.2, 0) is 4.79 Å². The van der Waals surface area contributed by atoms with E-state index in [4.69, 9.17) is 0 Å². The lowest BCUT2D eigenvalue weighted by molar-refractivity contribution is -0.131. The fourth-order valence-electron chi connectivity index (χ4n) is 2.48. The smallest absolute Gasteiger partial charge is 0.141 e. The lowest BCUT2D eigenvalue weighted by Crippen LogP contribution is -2.28. The molecule has 0 aromatic rings. The molecule has 0 aliphatic rings. The van der Waals surface area contributed by atoms with Gasteiger partial charge in [0.25, 0.3) is 0 Å². The van der Waals surface area contributed by atoms with E-state index in [2.05, 4.69) is 34.6 Å². The summed E-state index contributed by atoms with van der Waals surface area (Å²) in [7, 11) is 0. The monoisotopic (exact) mass is 254 g/mol. The quantitative estimate of drug-likeness (QED) is 0.452. The summed E-state index contributed by atoms with van der Waals surface area (Å²) in [5.41, 5.74) is -0.165. The Hall–Kier alpha value is -0.330. The van der Waals surface area contributed by atoms with Crippen LogP contribution >= 0.6 is 0 Å². The highest BCUT2D eigenvalue weighted by atomic mass is 16.1. The minimum atomic E-state index is -0.165. The third-order valence-corrected chi connectivity index (χ3v) is 3.67. The standard InChI is InChI=1S/C17H34O/c1-6-8-10-12-14-15(13-11-9-7-2)16(18)17(3,4)5/h15H,6-14H2,1-5H3. The van der Waals surface area contributed by atoms with Crippen LogP contribution < -0.4 is 0 Å². The van der Waals surface area contributed by atoms with Gasteiger partial charge in [0.2, 0.25) is 0 Å². The van der Waals surface area contributed by atoms with Crippen LogP contribution in [0.5, 0.6) is 0 Å². The van der Waals surface area contributed by atoms with E-state index in [9.17, 15) is 4.79 Å². The fourth-order valence-corrected chi connectivity index (χ4v) is 2.48. The Morgan fingerprint density at radius 1 is 0.833 bits per heavy atom. The van der Waals surface area contributed by atoms with Gasteiger partial charge in [0.1, 0.15) is 5.78 Å². The number of ketones is 1. The third-order valence-electron chi connectivity index (χ3n) is 3.67. The van der Waals surface area contributed by atoms with Crippen molar-refractivity contribution in [2.45, 2.75) is 92.4 Å². The number of unbranched alkanes of at least 4 members (excludes halogenated alkanes) is 5. The molecule has 0 aromatic carbocycles. The van der Waals surface area contributed by atoms with Gasteiger partial charge in [0.05, 0.1) is 0 Å². The minimum absolute atomic E-state index is 0.165. The Balaban J connectivity index is 4.20. The minimum Gasteiger partial charge on any atom is -0.299 e. The van der Waals surface area contributed by atoms with Crippen LogP contribution in [0.15, 0.2) is 0 Å². The summed E-state index contributed by atoms with van der Waals surface area (Å²) in [6.45, 7) is 10.7. The topological polar surface area (TPSA) is 17.1 Å². The molecule has 0 fully saturated rings. The van der Waals surface area contributed by atoms with Crippen molar-refractivity contribution in [2.75, 3.05) is 0 Å². The number of Topliss-reactive ketones (excluding diaryl/α,β-unsaturated/α-hetero) is 1. The normalized spacial score (nSPS) is 13.6. The number of carbonyl (C=O) groups is 1. The lowest BCUT2D eigenvalue weighted by Gasteiger charge is -2.24. The molecule has 0 aromatic heterocycles. The van der Waals surface area contributed by atoms with Crippen LogP contribution in [0.2, 0.25) is 0 Å². The van der Waals surface area contributed by atoms with Gasteiger partial charge in [0, 0.05) is 11.3 Å². The number of hydrogen-bond donors (Lipinski definition) is 0. The summed E-state index contributed by atoms with van der Waals surface area (Å²) in [6.07, 6.45) is 11.0. The molecule has 0 amide bonds. The Labute approximate surface area is 115 Å². The summed E-state index contributed by atoms with van der Waals surface area (Å²) in [5, 5.41) is 0. The zero-order valence-electron chi connectivity index (χ0n) is 13.3. The Morgan fingerprint density at radius 3 is 1.72 bits per heavy atom. The molecule has 1 heteroatoms. The molecule has 1 nitrogen and oxygen atoms in total. The first kappa shape index (κ1) is 17.7. The van der Waals surface area contributed by atoms with Gasteiger partial charge in [-0.25, -0.2) is 0 Å². The highest BCUT2D eigenvalue weighted by molar-refractivity contribution is 5.85. The van der Waals surface area contributed by atoms with E-state index < -0.39 is 0 Å². The number of rotatable bonds is 10.